The summed E-state index contributed by atoms with van der Waals surface area (Å²) < 4.78 is 1.78. The summed E-state index contributed by atoms with van der Waals surface area (Å²) in [4.78, 5) is 21.4. The number of anilines is 1. The van der Waals surface area contributed by atoms with Crippen LogP contribution in [0.1, 0.15) is 32.7 Å². The summed E-state index contributed by atoms with van der Waals surface area (Å²) in [7, 11) is 3.89. The van der Waals surface area contributed by atoms with E-state index in [9.17, 15) is 4.79 Å². The first-order valence-electron chi connectivity index (χ1n) is 6.37. The van der Waals surface area contributed by atoms with Gasteiger partial charge in [0.1, 0.15) is 5.82 Å². The van der Waals surface area contributed by atoms with Crippen LogP contribution in [0, 0.1) is 0 Å². The molecule has 0 aliphatic rings. The van der Waals surface area contributed by atoms with Gasteiger partial charge in [-0.25, -0.2) is 9.78 Å². The Kier molecular flexibility index (Phi) is 3.41. The molecule has 0 atom stereocenters. The Morgan fingerprint density at radius 2 is 2.00 bits per heavy atom. The summed E-state index contributed by atoms with van der Waals surface area (Å²) in [6.45, 7) is 4.18. The van der Waals surface area contributed by atoms with Crippen LogP contribution in [0.5, 0.6) is 0 Å². The fourth-order valence-corrected chi connectivity index (χ4v) is 2.23. The Morgan fingerprint density at radius 3 is 2.56 bits per heavy atom. The van der Waals surface area contributed by atoms with Crippen molar-refractivity contribution in [3.63, 3.8) is 0 Å². The van der Waals surface area contributed by atoms with Crippen LogP contribution in [-0.2, 0) is 0 Å². The van der Waals surface area contributed by atoms with Gasteiger partial charge in [-0.2, -0.15) is 0 Å². The van der Waals surface area contributed by atoms with Crippen LogP contribution in [0.4, 0.5) is 5.82 Å². The molecule has 2 aromatic rings. The largest absolute Gasteiger partial charge is 0.363 e. The molecule has 18 heavy (non-hydrogen) atoms. The summed E-state index contributed by atoms with van der Waals surface area (Å²) in [5, 5.41) is 0. The highest BCUT2D eigenvalue weighted by molar-refractivity contribution is 5.73. The molecule has 2 heterocycles. The minimum absolute atomic E-state index is 0.0675. The fourth-order valence-electron chi connectivity index (χ4n) is 2.23. The van der Waals surface area contributed by atoms with Gasteiger partial charge < -0.3 is 9.88 Å². The zero-order chi connectivity index (χ0) is 13.3. The predicted molar refractivity (Wildman–Crippen MR) is 74.3 cm³/mol. The molecule has 1 N–H and O–H groups in total. The van der Waals surface area contributed by atoms with Gasteiger partial charge in [0.15, 0.2) is 5.65 Å². The van der Waals surface area contributed by atoms with Crippen molar-refractivity contribution < 1.29 is 0 Å². The van der Waals surface area contributed by atoms with Crippen molar-refractivity contribution >= 4 is 17.0 Å². The molecule has 0 spiro atoms. The summed E-state index contributed by atoms with van der Waals surface area (Å²) in [6, 6.07) is 4.03. The third-order valence-electron chi connectivity index (χ3n) is 3.31. The molecule has 0 fully saturated rings. The van der Waals surface area contributed by atoms with Crippen molar-refractivity contribution in [2.75, 3.05) is 19.0 Å². The summed E-state index contributed by atoms with van der Waals surface area (Å²) in [6.07, 6.45) is 1.86. The van der Waals surface area contributed by atoms with Crippen molar-refractivity contribution in [3.05, 3.63) is 22.6 Å². The van der Waals surface area contributed by atoms with Gasteiger partial charge in [-0.1, -0.05) is 13.8 Å². The minimum Gasteiger partial charge on any atom is -0.363 e. The monoisotopic (exact) mass is 248 g/mol. The summed E-state index contributed by atoms with van der Waals surface area (Å²) in [5.41, 5.74) is 1.49. The molecular formula is C13H20N4O. The third-order valence-corrected chi connectivity index (χ3v) is 3.31. The lowest BCUT2D eigenvalue weighted by molar-refractivity contribution is 0.469. The number of aromatic amines is 1. The average Bonchev–Trinajstić information content (AvgIpc) is 2.67. The van der Waals surface area contributed by atoms with Crippen LogP contribution in [-0.4, -0.2) is 28.6 Å². The fraction of sp³-hybridized carbons (Fsp3) is 0.538. The number of hydrogen-bond acceptors (Lipinski definition) is 3. The molecule has 0 aliphatic carbocycles. The molecule has 0 radical (unpaired) electrons. The number of imidazole rings is 1. The molecule has 0 aromatic carbocycles. The Labute approximate surface area is 106 Å². The molecule has 2 aromatic heterocycles. The van der Waals surface area contributed by atoms with Gasteiger partial charge in [-0.05, 0) is 25.0 Å². The highest BCUT2D eigenvalue weighted by atomic mass is 16.1. The topological polar surface area (TPSA) is 53.9 Å². The van der Waals surface area contributed by atoms with Crippen LogP contribution in [0.2, 0.25) is 0 Å². The zero-order valence-corrected chi connectivity index (χ0v) is 11.4. The van der Waals surface area contributed by atoms with E-state index in [4.69, 9.17) is 0 Å². The van der Waals surface area contributed by atoms with E-state index in [-0.39, 0.29) is 11.7 Å². The average molecular weight is 248 g/mol. The van der Waals surface area contributed by atoms with Gasteiger partial charge in [-0.3, -0.25) is 4.57 Å². The second-order valence-corrected chi connectivity index (χ2v) is 4.71. The van der Waals surface area contributed by atoms with Gasteiger partial charge in [0, 0.05) is 20.1 Å². The van der Waals surface area contributed by atoms with Crippen molar-refractivity contribution in [1.82, 2.24) is 14.5 Å². The smallest absolute Gasteiger partial charge is 0.327 e. The molecule has 0 saturated carbocycles. The lowest BCUT2D eigenvalue weighted by atomic mass is 10.2. The van der Waals surface area contributed by atoms with E-state index < -0.39 is 0 Å². The van der Waals surface area contributed by atoms with Crippen molar-refractivity contribution in [1.29, 1.82) is 0 Å². The maximum absolute atomic E-state index is 12.0. The van der Waals surface area contributed by atoms with Crippen LogP contribution < -0.4 is 10.6 Å². The molecule has 0 amide bonds. The summed E-state index contributed by atoms with van der Waals surface area (Å²) in [5.74, 6) is 0.862. The maximum atomic E-state index is 12.0. The van der Waals surface area contributed by atoms with Gasteiger partial charge >= 0.3 is 5.69 Å². The number of rotatable bonds is 4. The van der Waals surface area contributed by atoms with Crippen molar-refractivity contribution in [2.24, 2.45) is 0 Å². The number of pyridine rings is 1. The minimum atomic E-state index is -0.0675. The number of nitrogens with zero attached hydrogens (tertiary/aromatic N) is 3. The van der Waals surface area contributed by atoms with E-state index in [1.165, 1.54) is 0 Å². The number of H-pyrrole nitrogens is 1. The first-order chi connectivity index (χ1) is 8.58. The highest BCUT2D eigenvalue weighted by Crippen LogP contribution is 2.20. The van der Waals surface area contributed by atoms with E-state index in [1.54, 1.807) is 4.57 Å². The molecule has 0 saturated heterocycles. The third kappa shape index (κ3) is 2.00. The van der Waals surface area contributed by atoms with E-state index in [1.807, 2.05) is 31.1 Å². The predicted octanol–water partition coefficient (Wildman–Crippen LogP) is 2.15. The Morgan fingerprint density at radius 1 is 1.33 bits per heavy atom. The Balaban J connectivity index is 2.67. The lowest BCUT2D eigenvalue weighted by Crippen LogP contribution is -2.22. The Bertz CT molecular complexity index is 593. The molecule has 0 aliphatic heterocycles. The zero-order valence-electron chi connectivity index (χ0n) is 11.4. The molecule has 0 bridgehead atoms. The van der Waals surface area contributed by atoms with Gasteiger partial charge in [0.05, 0.1) is 5.52 Å². The van der Waals surface area contributed by atoms with Crippen LogP contribution in [0.25, 0.3) is 11.2 Å². The second kappa shape index (κ2) is 4.84. The molecule has 98 valence electrons. The SMILES string of the molecule is CCC(CC)n1c(=O)[nH]c2ccc(N(C)C)nc21. The second-order valence-electron chi connectivity index (χ2n) is 4.71. The van der Waals surface area contributed by atoms with Crippen LogP contribution in [0.3, 0.4) is 0 Å². The van der Waals surface area contributed by atoms with Gasteiger partial charge in [0.2, 0.25) is 0 Å². The van der Waals surface area contributed by atoms with Crippen molar-refractivity contribution in [3.8, 4) is 0 Å². The number of nitrogens with one attached hydrogen (secondary N) is 1. The molecule has 5 heteroatoms. The van der Waals surface area contributed by atoms with E-state index >= 15 is 0 Å². The van der Waals surface area contributed by atoms with E-state index in [0.29, 0.717) is 0 Å². The molecule has 0 unspecified atom stereocenters. The van der Waals surface area contributed by atoms with Crippen LogP contribution >= 0.6 is 0 Å². The Hall–Kier alpha value is -1.78. The first-order valence-corrected chi connectivity index (χ1v) is 6.37. The quantitative estimate of drug-likeness (QED) is 0.902. The van der Waals surface area contributed by atoms with Gasteiger partial charge in [-0.15, -0.1) is 0 Å². The highest BCUT2D eigenvalue weighted by Gasteiger charge is 2.15. The molecule has 2 rings (SSSR count). The molecular weight excluding hydrogens is 228 g/mol. The number of aromatic nitrogens is 3. The lowest BCUT2D eigenvalue weighted by Gasteiger charge is -2.15. The van der Waals surface area contributed by atoms with Crippen molar-refractivity contribution in [2.45, 2.75) is 32.7 Å². The summed E-state index contributed by atoms with van der Waals surface area (Å²) >= 11 is 0. The van der Waals surface area contributed by atoms with E-state index in [2.05, 4.69) is 23.8 Å². The first kappa shape index (κ1) is 12.7. The maximum Gasteiger partial charge on any atom is 0.327 e. The van der Waals surface area contributed by atoms with Crippen LogP contribution in [0.15, 0.2) is 16.9 Å². The van der Waals surface area contributed by atoms with Gasteiger partial charge in [0.25, 0.3) is 0 Å². The molecule has 5 nitrogen and oxygen atoms in total. The standard InChI is InChI=1S/C13H20N4O/c1-5-9(6-2)17-12-10(14-13(17)18)7-8-11(15-12)16(3)4/h7-9H,5-6H2,1-4H3,(H,14,18). The van der Waals surface area contributed by atoms with E-state index in [0.717, 1.165) is 29.8 Å². The number of fused-ring (bicyclic) bond motifs is 1. The number of hydrogen-bond donors (Lipinski definition) is 1. The normalized spacial score (nSPS) is 11.4.